The number of fused-ring (bicyclic) bond motifs is 1. The number of ketones is 1. The third kappa shape index (κ3) is 2.03. The van der Waals surface area contributed by atoms with Crippen LogP contribution < -0.4 is 0 Å². The van der Waals surface area contributed by atoms with Crippen molar-refractivity contribution in [1.29, 1.82) is 5.26 Å². The predicted molar refractivity (Wildman–Crippen MR) is 75.8 cm³/mol. The van der Waals surface area contributed by atoms with Crippen LogP contribution >= 0.6 is 22.9 Å². The number of hydrogen-bond acceptors (Lipinski definition) is 3. The van der Waals surface area contributed by atoms with Gasteiger partial charge in [-0.1, -0.05) is 17.7 Å². The first-order valence-electron chi connectivity index (χ1n) is 5.50. The van der Waals surface area contributed by atoms with Crippen LogP contribution in [0.2, 0.25) is 4.34 Å². The maximum atomic E-state index is 12.4. The van der Waals surface area contributed by atoms with Gasteiger partial charge in [0.15, 0.2) is 0 Å². The van der Waals surface area contributed by atoms with Crippen molar-refractivity contribution in [2.45, 2.75) is 0 Å². The van der Waals surface area contributed by atoms with E-state index < -0.39 is 0 Å². The number of nitriles is 1. The number of aromatic amines is 1. The molecule has 0 fully saturated rings. The Morgan fingerprint density at radius 1 is 1.32 bits per heavy atom. The molecule has 0 saturated heterocycles. The van der Waals surface area contributed by atoms with E-state index in [2.05, 4.69) is 11.1 Å². The van der Waals surface area contributed by atoms with Gasteiger partial charge in [-0.2, -0.15) is 5.26 Å². The van der Waals surface area contributed by atoms with Gasteiger partial charge in [0, 0.05) is 22.7 Å². The summed E-state index contributed by atoms with van der Waals surface area (Å²) in [5.74, 6) is -0.0622. The minimum atomic E-state index is -0.0622. The Hall–Kier alpha value is -2.09. The number of halogens is 1. The third-order valence-corrected chi connectivity index (χ3v) is 4.08. The van der Waals surface area contributed by atoms with E-state index in [1.54, 1.807) is 36.5 Å². The van der Waals surface area contributed by atoms with Crippen molar-refractivity contribution in [3.05, 3.63) is 56.9 Å². The Kier molecular flexibility index (Phi) is 2.86. The lowest BCUT2D eigenvalue weighted by molar-refractivity contribution is 0.104. The van der Waals surface area contributed by atoms with Crippen LogP contribution in [-0.4, -0.2) is 10.8 Å². The van der Waals surface area contributed by atoms with Gasteiger partial charge in [0.05, 0.1) is 20.8 Å². The number of nitrogens with zero attached hydrogens (tertiary/aromatic N) is 1. The van der Waals surface area contributed by atoms with Gasteiger partial charge >= 0.3 is 0 Å². The molecule has 0 spiro atoms. The highest BCUT2D eigenvalue weighted by Gasteiger charge is 2.16. The molecular weight excluding hydrogens is 280 g/mol. The molecule has 0 saturated carbocycles. The molecule has 0 amide bonds. The van der Waals surface area contributed by atoms with Gasteiger partial charge in [-0.25, -0.2) is 0 Å². The summed E-state index contributed by atoms with van der Waals surface area (Å²) in [7, 11) is 0. The maximum Gasteiger partial charge on any atom is 0.205 e. The first-order valence-corrected chi connectivity index (χ1v) is 6.70. The molecule has 0 radical (unpaired) electrons. The standard InChI is InChI=1S/C14H7ClN2OS/c15-13-4-3-12(19-13)14(18)10-7-17-11-5-8(6-16)1-2-9(10)11/h1-5,7,17H. The van der Waals surface area contributed by atoms with Crippen LogP contribution in [0.5, 0.6) is 0 Å². The Labute approximate surface area is 118 Å². The fourth-order valence-electron chi connectivity index (χ4n) is 1.95. The lowest BCUT2D eigenvalue weighted by Crippen LogP contribution is -1.96. The largest absolute Gasteiger partial charge is 0.360 e. The molecule has 2 heterocycles. The van der Waals surface area contributed by atoms with E-state index in [0.717, 1.165) is 10.9 Å². The van der Waals surface area contributed by atoms with Crippen molar-refractivity contribution in [3.63, 3.8) is 0 Å². The summed E-state index contributed by atoms with van der Waals surface area (Å²) in [5, 5.41) is 9.66. The molecule has 0 unspecified atom stereocenters. The molecule has 0 atom stereocenters. The second-order valence-corrected chi connectivity index (χ2v) is 5.72. The number of carbonyl (C=O) groups excluding carboxylic acids is 1. The van der Waals surface area contributed by atoms with E-state index in [4.69, 9.17) is 16.9 Å². The smallest absolute Gasteiger partial charge is 0.205 e. The Morgan fingerprint density at radius 3 is 2.84 bits per heavy atom. The van der Waals surface area contributed by atoms with Crippen LogP contribution in [-0.2, 0) is 0 Å². The van der Waals surface area contributed by atoms with E-state index in [1.807, 2.05) is 0 Å². The molecule has 19 heavy (non-hydrogen) atoms. The molecule has 3 nitrogen and oxygen atoms in total. The zero-order valence-electron chi connectivity index (χ0n) is 9.61. The van der Waals surface area contributed by atoms with Crippen molar-refractivity contribution in [2.24, 2.45) is 0 Å². The highest BCUT2D eigenvalue weighted by atomic mass is 35.5. The topological polar surface area (TPSA) is 56.6 Å². The number of carbonyl (C=O) groups is 1. The first-order chi connectivity index (χ1) is 9.19. The van der Waals surface area contributed by atoms with Crippen LogP contribution in [0.15, 0.2) is 36.5 Å². The van der Waals surface area contributed by atoms with Crippen molar-refractivity contribution >= 4 is 39.6 Å². The van der Waals surface area contributed by atoms with Gasteiger partial charge in [0.2, 0.25) is 5.78 Å². The zero-order valence-corrected chi connectivity index (χ0v) is 11.2. The Morgan fingerprint density at radius 2 is 2.16 bits per heavy atom. The molecule has 3 aromatic rings. The van der Waals surface area contributed by atoms with E-state index >= 15 is 0 Å². The summed E-state index contributed by atoms with van der Waals surface area (Å²) in [6.45, 7) is 0. The fourth-order valence-corrected chi connectivity index (χ4v) is 2.95. The van der Waals surface area contributed by atoms with Gasteiger partial charge in [0.1, 0.15) is 0 Å². The highest BCUT2D eigenvalue weighted by Crippen LogP contribution is 2.27. The van der Waals surface area contributed by atoms with Crippen molar-refractivity contribution in [2.75, 3.05) is 0 Å². The van der Waals surface area contributed by atoms with Crippen LogP contribution in [0.4, 0.5) is 0 Å². The SMILES string of the molecule is N#Cc1ccc2c(C(=O)c3ccc(Cl)s3)c[nH]c2c1. The van der Waals surface area contributed by atoms with Crippen LogP contribution in [0.25, 0.3) is 10.9 Å². The molecular formula is C14H7ClN2OS. The van der Waals surface area contributed by atoms with E-state index in [9.17, 15) is 4.79 Å². The van der Waals surface area contributed by atoms with Crippen LogP contribution in [0.1, 0.15) is 20.8 Å². The monoisotopic (exact) mass is 286 g/mol. The molecule has 0 aliphatic rings. The second kappa shape index (κ2) is 4.54. The third-order valence-electron chi connectivity index (χ3n) is 2.85. The Balaban J connectivity index is 2.11. The van der Waals surface area contributed by atoms with Gasteiger partial charge in [-0.05, 0) is 24.3 Å². The van der Waals surface area contributed by atoms with Gasteiger partial charge in [0.25, 0.3) is 0 Å². The molecule has 1 N–H and O–H groups in total. The number of benzene rings is 1. The van der Waals surface area contributed by atoms with Gasteiger partial charge < -0.3 is 4.98 Å². The van der Waals surface area contributed by atoms with Crippen LogP contribution in [0.3, 0.4) is 0 Å². The normalized spacial score (nSPS) is 10.5. The molecule has 0 aliphatic carbocycles. The Bertz CT molecular complexity index is 825. The quantitative estimate of drug-likeness (QED) is 0.724. The second-order valence-electron chi connectivity index (χ2n) is 4.01. The van der Waals surface area contributed by atoms with Crippen molar-refractivity contribution in [1.82, 2.24) is 4.98 Å². The molecule has 3 rings (SSSR count). The van der Waals surface area contributed by atoms with E-state index in [0.29, 0.717) is 20.3 Å². The molecule has 5 heteroatoms. The van der Waals surface area contributed by atoms with Gasteiger partial charge in [-0.15, -0.1) is 11.3 Å². The summed E-state index contributed by atoms with van der Waals surface area (Å²) >= 11 is 7.11. The molecule has 2 aromatic heterocycles. The number of nitrogens with one attached hydrogen (secondary N) is 1. The van der Waals surface area contributed by atoms with E-state index in [1.165, 1.54) is 11.3 Å². The van der Waals surface area contributed by atoms with Crippen molar-refractivity contribution < 1.29 is 4.79 Å². The number of rotatable bonds is 2. The highest BCUT2D eigenvalue weighted by molar-refractivity contribution is 7.18. The lowest BCUT2D eigenvalue weighted by Gasteiger charge is -1.96. The minimum Gasteiger partial charge on any atom is -0.360 e. The first kappa shape index (κ1) is 12.0. The predicted octanol–water partition coefficient (Wildman–Crippen LogP) is 3.99. The molecule has 92 valence electrons. The average molecular weight is 287 g/mol. The molecule has 0 bridgehead atoms. The van der Waals surface area contributed by atoms with Gasteiger partial charge in [-0.3, -0.25) is 4.79 Å². The summed E-state index contributed by atoms with van der Waals surface area (Å²) in [6, 6.07) is 10.7. The fraction of sp³-hybridized carbons (Fsp3) is 0. The van der Waals surface area contributed by atoms with E-state index in [-0.39, 0.29) is 5.78 Å². The zero-order chi connectivity index (χ0) is 13.4. The number of hydrogen-bond donors (Lipinski definition) is 1. The molecule has 1 aromatic carbocycles. The summed E-state index contributed by atoms with van der Waals surface area (Å²) in [4.78, 5) is 16.0. The van der Waals surface area contributed by atoms with Crippen molar-refractivity contribution in [3.8, 4) is 6.07 Å². The lowest BCUT2D eigenvalue weighted by atomic mass is 10.1. The number of H-pyrrole nitrogens is 1. The minimum absolute atomic E-state index is 0.0622. The number of aromatic nitrogens is 1. The van der Waals surface area contributed by atoms with Crippen LogP contribution in [0, 0.1) is 11.3 Å². The average Bonchev–Trinajstić information content (AvgIpc) is 3.03. The summed E-state index contributed by atoms with van der Waals surface area (Å²) in [6.07, 6.45) is 1.67. The molecule has 0 aliphatic heterocycles. The maximum absolute atomic E-state index is 12.4. The number of thiophene rings is 1. The summed E-state index contributed by atoms with van der Waals surface area (Å²) < 4.78 is 0.593. The summed E-state index contributed by atoms with van der Waals surface area (Å²) in [5.41, 5.74) is 1.94.